The van der Waals surface area contributed by atoms with E-state index < -0.39 is 0 Å². The minimum atomic E-state index is 0. The smallest absolute Gasteiger partial charge is 0.0949 e. The summed E-state index contributed by atoms with van der Waals surface area (Å²) in [7, 11) is 0. The molecule has 0 heterocycles. The van der Waals surface area contributed by atoms with Crippen LogP contribution in [0.25, 0.3) is 0 Å². The van der Waals surface area contributed by atoms with Crippen LogP contribution < -0.4 is 0 Å². The summed E-state index contributed by atoms with van der Waals surface area (Å²) in [5.74, 6) is 0. The molecule has 1 aromatic rings. The second-order valence-corrected chi connectivity index (χ2v) is 1.34. The second kappa shape index (κ2) is 3.68. The molecule has 0 radical (unpaired) electrons. The maximum absolute atomic E-state index is 9.87. The Hall–Kier alpha value is -0.292. The summed E-state index contributed by atoms with van der Waals surface area (Å²) < 4.78 is 0. The molecule has 0 amide bonds. The molecule has 0 aliphatic carbocycles. The van der Waals surface area contributed by atoms with Gasteiger partial charge in [-0.1, -0.05) is 5.56 Å². The molecule has 0 atom stereocenters. The van der Waals surface area contributed by atoms with E-state index in [0.29, 0.717) is 0 Å². The van der Waals surface area contributed by atoms with Gasteiger partial charge in [-0.05, 0) is 0 Å². The van der Waals surface area contributed by atoms with Gasteiger partial charge in [0, 0.05) is 21.1 Å². The van der Waals surface area contributed by atoms with Gasteiger partial charge in [-0.2, -0.15) is 12.1 Å². The van der Waals surface area contributed by atoms with Gasteiger partial charge in [-0.15, -0.1) is 0 Å². The molecule has 0 fully saturated rings. The predicted molar refractivity (Wildman–Crippen MR) is 27.4 cm³/mol. The standard InChI is InChI=1S/C6H5O.Mo/c7-5-6-3-1-2-4-6;/h1-5H;/q-1;. The predicted octanol–water partition coefficient (Wildman–Crippen LogP) is 1.22. The normalized spacial score (nSPS) is 7.50. The molecule has 0 aliphatic heterocycles. The third-order valence-corrected chi connectivity index (χ3v) is 0.825. The van der Waals surface area contributed by atoms with Crippen molar-refractivity contribution in [2.45, 2.75) is 0 Å². The molecule has 8 heavy (non-hydrogen) atoms. The molecule has 0 unspecified atom stereocenters. The van der Waals surface area contributed by atoms with E-state index >= 15 is 0 Å². The number of aldehydes is 1. The number of hydrogen-bond acceptors (Lipinski definition) is 1. The Balaban J connectivity index is 0.000000490. The topological polar surface area (TPSA) is 17.1 Å². The first-order valence-corrected chi connectivity index (χ1v) is 2.10. The van der Waals surface area contributed by atoms with Gasteiger partial charge in [0.25, 0.3) is 0 Å². The van der Waals surface area contributed by atoms with E-state index in [9.17, 15) is 4.79 Å². The van der Waals surface area contributed by atoms with Gasteiger partial charge in [0.05, 0.1) is 6.29 Å². The van der Waals surface area contributed by atoms with Crippen molar-refractivity contribution in [3.05, 3.63) is 29.8 Å². The minimum absolute atomic E-state index is 0. The van der Waals surface area contributed by atoms with Crippen molar-refractivity contribution in [3.63, 3.8) is 0 Å². The molecule has 0 bridgehead atoms. The van der Waals surface area contributed by atoms with Crippen LogP contribution in [0.3, 0.4) is 0 Å². The largest absolute Gasteiger partial charge is 0.312 e. The molecule has 1 nitrogen and oxygen atoms in total. The van der Waals surface area contributed by atoms with Crippen LogP contribution in [0.5, 0.6) is 0 Å². The van der Waals surface area contributed by atoms with Crippen LogP contribution in [0.2, 0.25) is 0 Å². The number of rotatable bonds is 1. The van der Waals surface area contributed by atoms with Crippen molar-refractivity contribution in [3.8, 4) is 0 Å². The monoisotopic (exact) mass is 191 g/mol. The Morgan fingerprint density at radius 2 is 1.75 bits per heavy atom. The zero-order valence-corrected chi connectivity index (χ0v) is 6.21. The molecular weight excluding hydrogens is 184 g/mol. The van der Waals surface area contributed by atoms with E-state index in [1.807, 2.05) is 12.1 Å². The molecule has 1 rings (SSSR count). The van der Waals surface area contributed by atoms with Crippen molar-refractivity contribution in [2.24, 2.45) is 0 Å². The van der Waals surface area contributed by atoms with Gasteiger partial charge in [0.2, 0.25) is 0 Å². The molecule has 2 heteroatoms. The average Bonchev–Trinajstić information content (AvgIpc) is 2.14. The minimum Gasteiger partial charge on any atom is -0.312 e. The van der Waals surface area contributed by atoms with E-state index in [-0.39, 0.29) is 21.1 Å². The van der Waals surface area contributed by atoms with Crippen molar-refractivity contribution in [2.75, 3.05) is 0 Å². The van der Waals surface area contributed by atoms with E-state index in [1.165, 1.54) is 0 Å². The van der Waals surface area contributed by atoms with Crippen LogP contribution >= 0.6 is 0 Å². The Morgan fingerprint density at radius 3 is 2.00 bits per heavy atom. The summed E-state index contributed by atoms with van der Waals surface area (Å²) >= 11 is 0. The first-order chi connectivity index (χ1) is 3.43. The van der Waals surface area contributed by atoms with Crippen molar-refractivity contribution in [1.82, 2.24) is 0 Å². The van der Waals surface area contributed by atoms with Gasteiger partial charge in [-0.25, -0.2) is 12.1 Å². The molecule has 0 aromatic heterocycles. The number of carbonyl (C=O) groups excluding carboxylic acids is 1. The average molecular weight is 189 g/mol. The Bertz CT molecular complexity index is 144. The molecule has 1 aromatic carbocycles. The zero-order valence-electron chi connectivity index (χ0n) is 4.20. The van der Waals surface area contributed by atoms with Gasteiger partial charge < -0.3 is 4.79 Å². The molecular formula is C6H5MoO-. The summed E-state index contributed by atoms with van der Waals surface area (Å²) in [5, 5.41) is 0. The van der Waals surface area contributed by atoms with Gasteiger partial charge in [-0.3, -0.25) is 0 Å². The van der Waals surface area contributed by atoms with Crippen LogP contribution in [0.15, 0.2) is 24.3 Å². The Labute approximate surface area is 62.3 Å². The first kappa shape index (κ1) is 7.71. The second-order valence-electron chi connectivity index (χ2n) is 1.34. The summed E-state index contributed by atoms with van der Waals surface area (Å²) in [6.45, 7) is 0. The molecule has 0 spiro atoms. The maximum atomic E-state index is 9.87. The Morgan fingerprint density at radius 1 is 1.25 bits per heavy atom. The fraction of sp³-hybridized carbons (Fsp3) is 0. The Kier molecular flexibility index (Phi) is 3.54. The summed E-state index contributed by atoms with van der Waals surface area (Å²) in [5.41, 5.74) is 0.750. The summed E-state index contributed by atoms with van der Waals surface area (Å²) in [6, 6.07) is 7.22. The molecule has 0 N–H and O–H groups in total. The van der Waals surface area contributed by atoms with Crippen LogP contribution in [0.1, 0.15) is 10.4 Å². The summed E-state index contributed by atoms with van der Waals surface area (Å²) in [4.78, 5) is 9.87. The van der Waals surface area contributed by atoms with Crippen LogP contribution in [0, 0.1) is 0 Å². The summed E-state index contributed by atoms with van der Waals surface area (Å²) in [6.07, 6.45) is 0.833. The van der Waals surface area contributed by atoms with Crippen LogP contribution in [0.4, 0.5) is 0 Å². The molecule has 0 saturated heterocycles. The third kappa shape index (κ3) is 1.67. The van der Waals surface area contributed by atoms with Crippen LogP contribution in [-0.4, -0.2) is 6.29 Å². The quantitative estimate of drug-likeness (QED) is 0.368. The molecule has 0 aliphatic rings. The van der Waals surface area contributed by atoms with Crippen molar-refractivity contribution >= 4 is 6.29 Å². The van der Waals surface area contributed by atoms with E-state index in [4.69, 9.17) is 0 Å². The SMILES string of the molecule is O=C[c-]1cccc1.[Mo]. The fourth-order valence-corrected chi connectivity index (χ4v) is 0.467. The van der Waals surface area contributed by atoms with E-state index in [0.717, 1.165) is 11.8 Å². The van der Waals surface area contributed by atoms with Gasteiger partial charge in [0.1, 0.15) is 0 Å². The van der Waals surface area contributed by atoms with Gasteiger partial charge in [0.15, 0.2) is 0 Å². The van der Waals surface area contributed by atoms with Crippen molar-refractivity contribution in [1.29, 1.82) is 0 Å². The van der Waals surface area contributed by atoms with Crippen molar-refractivity contribution < 1.29 is 25.9 Å². The maximum Gasteiger partial charge on any atom is 0.0949 e. The zero-order chi connectivity index (χ0) is 5.11. The van der Waals surface area contributed by atoms with E-state index in [1.54, 1.807) is 12.1 Å². The molecule has 42 valence electrons. The van der Waals surface area contributed by atoms with Crippen LogP contribution in [-0.2, 0) is 21.1 Å². The number of hydrogen-bond donors (Lipinski definition) is 0. The van der Waals surface area contributed by atoms with E-state index in [2.05, 4.69) is 0 Å². The van der Waals surface area contributed by atoms with Gasteiger partial charge >= 0.3 is 0 Å². The first-order valence-electron chi connectivity index (χ1n) is 2.10. The molecule has 0 saturated carbocycles. The third-order valence-electron chi connectivity index (χ3n) is 0.825. The number of carbonyl (C=O) groups is 1. The fourth-order valence-electron chi connectivity index (χ4n) is 0.467.